The summed E-state index contributed by atoms with van der Waals surface area (Å²) in [5, 5.41) is 3.61. The van der Waals surface area contributed by atoms with Crippen molar-refractivity contribution in [1.29, 1.82) is 0 Å². The summed E-state index contributed by atoms with van der Waals surface area (Å²) in [5.41, 5.74) is 2.97. The molecular formula is C17H26N2O. The summed E-state index contributed by atoms with van der Waals surface area (Å²) in [7, 11) is 0. The molecule has 2 rings (SSSR count). The van der Waals surface area contributed by atoms with Crippen LogP contribution in [-0.4, -0.2) is 11.0 Å². The van der Waals surface area contributed by atoms with Gasteiger partial charge in [-0.1, -0.05) is 40.5 Å². The molecule has 1 aromatic heterocycles. The largest absolute Gasteiger partial charge is 0.440 e. The van der Waals surface area contributed by atoms with Crippen LogP contribution >= 0.6 is 0 Å². The molecule has 110 valence electrons. The average molecular weight is 274 g/mol. The third kappa shape index (κ3) is 3.53. The molecular weight excluding hydrogens is 248 g/mol. The van der Waals surface area contributed by atoms with Crippen molar-refractivity contribution in [2.45, 2.75) is 65.3 Å². The van der Waals surface area contributed by atoms with E-state index in [9.17, 15) is 0 Å². The van der Waals surface area contributed by atoms with Crippen LogP contribution in [0.25, 0.3) is 11.1 Å². The molecule has 0 aliphatic carbocycles. The molecule has 0 saturated carbocycles. The Labute approximate surface area is 121 Å². The fourth-order valence-electron chi connectivity index (χ4n) is 2.35. The lowest BCUT2D eigenvalue weighted by atomic mass is 10.1. The highest BCUT2D eigenvalue weighted by atomic mass is 16.3. The van der Waals surface area contributed by atoms with Gasteiger partial charge in [-0.15, -0.1) is 0 Å². The third-order valence-corrected chi connectivity index (χ3v) is 3.67. The first-order chi connectivity index (χ1) is 9.63. The number of hydrogen-bond donors (Lipinski definition) is 1. The molecule has 0 fully saturated rings. The fraction of sp³-hybridized carbons (Fsp3) is 0.588. The van der Waals surface area contributed by atoms with Crippen LogP contribution in [0, 0.1) is 0 Å². The quantitative estimate of drug-likeness (QED) is 0.741. The summed E-state index contributed by atoms with van der Waals surface area (Å²) in [4.78, 5) is 4.56. The van der Waals surface area contributed by atoms with E-state index in [0.29, 0.717) is 12.0 Å². The Bertz CT molecular complexity index is 545. The first-order valence-corrected chi connectivity index (χ1v) is 7.81. The molecule has 0 aliphatic rings. The van der Waals surface area contributed by atoms with Crippen LogP contribution in [0.2, 0.25) is 0 Å². The van der Waals surface area contributed by atoms with Gasteiger partial charge in [0.1, 0.15) is 5.52 Å². The number of nitrogens with one attached hydrogen (secondary N) is 1. The topological polar surface area (TPSA) is 38.1 Å². The maximum atomic E-state index is 5.74. The normalized spacial score (nSPS) is 13.1. The molecule has 0 radical (unpaired) electrons. The maximum absolute atomic E-state index is 5.74. The zero-order chi connectivity index (χ0) is 14.5. The lowest BCUT2D eigenvalue weighted by molar-refractivity contribution is 0.501. The Hall–Kier alpha value is -1.51. The van der Waals surface area contributed by atoms with E-state index in [-0.39, 0.29) is 0 Å². The standard InChI is InChI=1S/C17H26N2O/c1-5-7-8-13(6-2)18-14-9-10-16-15(11-14)19-17(20-16)12(3)4/h9-13,18H,5-8H2,1-4H3. The lowest BCUT2D eigenvalue weighted by Gasteiger charge is -2.17. The molecule has 0 spiro atoms. The number of oxazole rings is 1. The summed E-state index contributed by atoms with van der Waals surface area (Å²) >= 11 is 0. The van der Waals surface area contributed by atoms with Gasteiger partial charge >= 0.3 is 0 Å². The van der Waals surface area contributed by atoms with Gasteiger partial charge in [0.25, 0.3) is 0 Å². The van der Waals surface area contributed by atoms with Crippen molar-refractivity contribution in [3.8, 4) is 0 Å². The van der Waals surface area contributed by atoms with E-state index in [2.05, 4.69) is 50.1 Å². The van der Waals surface area contributed by atoms with Gasteiger partial charge in [0.05, 0.1) is 0 Å². The van der Waals surface area contributed by atoms with E-state index >= 15 is 0 Å². The minimum Gasteiger partial charge on any atom is -0.440 e. The molecule has 0 amide bonds. The summed E-state index contributed by atoms with van der Waals surface area (Å²) in [5.74, 6) is 1.14. The highest BCUT2D eigenvalue weighted by molar-refractivity contribution is 5.77. The van der Waals surface area contributed by atoms with Crippen molar-refractivity contribution in [1.82, 2.24) is 4.98 Å². The van der Waals surface area contributed by atoms with Crippen LogP contribution in [0.5, 0.6) is 0 Å². The molecule has 0 aliphatic heterocycles. The molecule has 1 N–H and O–H groups in total. The van der Waals surface area contributed by atoms with Crippen molar-refractivity contribution >= 4 is 16.8 Å². The molecule has 0 saturated heterocycles. The second-order valence-corrected chi connectivity index (χ2v) is 5.78. The summed E-state index contributed by atoms with van der Waals surface area (Å²) < 4.78 is 5.74. The fourth-order valence-corrected chi connectivity index (χ4v) is 2.35. The number of nitrogens with zero attached hydrogens (tertiary/aromatic N) is 1. The van der Waals surface area contributed by atoms with Crippen molar-refractivity contribution < 1.29 is 4.42 Å². The summed E-state index contributed by atoms with van der Waals surface area (Å²) in [6.45, 7) is 8.67. The zero-order valence-corrected chi connectivity index (χ0v) is 13.1. The van der Waals surface area contributed by atoms with Gasteiger partial charge in [-0.25, -0.2) is 4.98 Å². The Morgan fingerprint density at radius 2 is 2.05 bits per heavy atom. The van der Waals surface area contributed by atoms with E-state index in [1.165, 1.54) is 19.3 Å². The first kappa shape index (κ1) is 14.9. The molecule has 1 unspecified atom stereocenters. The van der Waals surface area contributed by atoms with Crippen molar-refractivity contribution in [2.75, 3.05) is 5.32 Å². The van der Waals surface area contributed by atoms with E-state index < -0.39 is 0 Å². The van der Waals surface area contributed by atoms with Crippen LogP contribution in [0.1, 0.15) is 65.2 Å². The average Bonchev–Trinajstić information content (AvgIpc) is 2.86. The second-order valence-electron chi connectivity index (χ2n) is 5.78. The monoisotopic (exact) mass is 274 g/mol. The number of benzene rings is 1. The predicted molar refractivity (Wildman–Crippen MR) is 85.3 cm³/mol. The van der Waals surface area contributed by atoms with Gasteiger partial charge in [-0.2, -0.15) is 0 Å². The molecule has 3 nitrogen and oxygen atoms in total. The SMILES string of the molecule is CCCCC(CC)Nc1ccc2oc(C(C)C)nc2c1. The molecule has 20 heavy (non-hydrogen) atoms. The van der Waals surface area contributed by atoms with Gasteiger partial charge in [-0.3, -0.25) is 0 Å². The highest BCUT2D eigenvalue weighted by Crippen LogP contribution is 2.24. The van der Waals surface area contributed by atoms with Crippen LogP contribution in [0.15, 0.2) is 22.6 Å². The van der Waals surface area contributed by atoms with E-state index in [0.717, 1.165) is 29.1 Å². The Balaban J connectivity index is 2.14. The molecule has 1 aromatic carbocycles. The van der Waals surface area contributed by atoms with Crippen molar-refractivity contribution in [3.05, 3.63) is 24.1 Å². The number of unbranched alkanes of at least 4 members (excludes halogenated alkanes) is 1. The van der Waals surface area contributed by atoms with Crippen molar-refractivity contribution in [3.63, 3.8) is 0 Å². The van der Waals surface area contributed by atoms with Gasteiger partial charge in [0, 0.05) is 17.6 Å². The van der Waals surface area contributed by atoms with Gasteiger partial charge in [0.2, 0.25) is 0 Å². The van der Waals surface area contributed by atoms with E-state index in [1.807, 2.05) is 6.07 Å². The lowest BCUT2D eigenvalue weighted by Crippen LogP contribution is -2.18. The number of rotatable bonds is 7. The third-order valence-electron chi connectivity index (χ3n) is 3.67. The van der Waals surface area contributed by atoms with E-state index in [4.69, 9.17) is 4.42 Å². The van der Waals surface area contributed by atoms with Gasteiger partial charge in [0.15, 0.2) is 11.5 Å². The minimum atomic E-state index is 0.326. The van der Waals surface area contributed by atoms with Gasteiger partial charge in [-0.05, 0) is 31.0 Å². The molecule has 1 atom stereocenters. The summed E-state index contributed by atoms with van der Waals surface area (Å²) in [6, 6.07) is 6.75. The van der Waals surface area contributed by atoms with Gasteiger partial charge < -0.3 is 9.73 Å². The van der Waals surface area contributed by atoms with Crippen LogP contribution in [-0.2, 0) is 0 Å². The molecule has 1 heterocycles. The van der Waals surface area contributed by atoms with Crippen LogP contribution in [0.4, 0.5) is 5.69 Å². The molecule has 0 bridgehead atoms. The van der Waals surface area contributed by atoms with Crippen LogP contribution < -0.4 is 5.32 Å². The molecule has 2 aromatic rings. The summed E-state index contributed by atoms with van der Waals surface area (Å²) in [6.07, 6.45) is 4.89. The number of fused-ring (bicyclic) bond motifs is 1. The zero-order valence-electron chi connectivity index (χ0n) is 13.1. The minimum absolute atomic E-state index is 0.326. The van der Waals surface area contributed by atoms with Crippen LogP contribution in [0.3, 0.4) is 0 Å². The second kappa shape index (κ2) is 6.78. The number of anilines is 1. The van der Waals surface area contributed by atoms with E-state index in [1.54, 1.807) is 0 Å². The number of aromatic nitrogens is 1. The maximum Gasteiger partial charge on any atom is 0.198 e. The highest BCUT2D eigenvalue weighted by Gasteiger charge is 2.11. The molecule has 3 heteroatoms. The number of hydrogen-bond acceptors (Lipinski definition) is 3. The smallest absolute Gasteiger partial charge is 0.198 e. The Morgan fingerprint density at radius 1 is 1.25 bits per heavy atom. The Morgan fingerprint density at radius 3 is 2.70 bits per heavy atom. The van der Waals surface area contributed by atoms with Crippen molar-refractivity contribution in [2.24, 2.45) is 0 Å². The predicted octanol–water partition coefficient (Wildman–Crippen LogP) is 5.33. The Kier molecular flexibility index (Phi) is 5.05. The first-order valence-electron chi connectivity index (χ1n) is 7.81.